The predicted octanol–water partition coefficient (Wildman–Crippen LogP) is 3.66. The molecule has 1 unspecified atom stereocenters. The van der Waals surface area contributed by atoms with Gasteiger partial charge in [-0.2, -0.15) is 0 Å². The van der Waals surface area contributed by atoms with Crippen LogP contribution in [-0.2, 0) is 0 Å². The largest absolute Gasteiger partial charge is 0.373 e. The van der Waals surface area contributed by atoms with E-state index in [1.165, 1.54) is 11.3 Å². The molecule has 3 aromatic rings. The third-order valence-corrected chi connectivity index (χ3v) is 5.31. The number of pyridine rings is 1. The monoisotopic (exact) mass is 360 g/mol. The van der Waals surface area contributed by atoms with E-state index in [9.17, 15) is 4.79 Å². The summed E-state index contributed by atoms with van der Waals surface area (Å²) in [6.45, 7) is 2.42. The number of nitrogens with one attached hydrogen (secondary N) is 1. The van der Waals surface area contributed by atoms with Gasteiger partial charge in [-0.3, -0.25) is 9.36 Å². The molecule has 4 rings (SSSR count). The van der Waals surface area contributed by atoms with Crippen molar-refractivity contribution < 1.29 is 0 Å². The fraction of sp³-hybridized carbons (Fsp3) is 0.150. The van der Waals surface area contributed by atoms with E-state index in [4.69, 9.17) is 6.42 Å². The van der Waals surface area contributed by atoms with Crippen LogP contribution in [0.2, 0.25) is 0 Å². The Balaban J connectivity index is 1.89. The number of terminal acetylenes is 1. The molecule has 5 nitrogen and oxygen atoms in total. The Hall–Kier alpha value is -3.17. The first-order valence-electron chi connectivity index (χ1n) is 8.18. The maximum atomic E-state index is 13.1. The quantitative estimate of drug-likeness (QED) is 0.724. The van der Waals surface area contributed by atoms with Crippen molar-refractivity contribution in [2.75, 3.05) is 11.9 Å². The number of thiophene rings is 1. The van der Waals surface area contributed by atoms with Gasteiger partial charge in [-0.1, -0.05) is 41.9 Å². The van der Waals surface area contributed by atoms with Crippen LogP contribution in [0.5, 0.6) is 0 Å². The SMILES string of the molecule is C#CCNc1ccnc2sc3c(=O)n(C4C=CC=C(C)C=C4)cnc3c12. The standard InChI is InChI=1S/C20H16N4OS/c1-3-10-21-15-9-11-22-19-16(15)17-18(26-19)20(25)24(12-23-17)14-6-4-5-13(2)7-8-14/h1,4-9,11-12,14H,10H2,2H3,(H,21,22). The van der Waals surface area contributed by atoms with Crippen molar-refractivity contribution in [2.24, 2.45) is 0 Å². The third-order valence-electron chi connectivity index (χ3n) is 4.23. The second-order valence-corrected chi connectivity index (χ2v) is 6.98. The minimum absolute atomic E-state index is 0.0697. The van der Waals surface area contributed by atoms with Gasteiger partial charge in [0.2, 0.25) is 0 Å². The molecule has 0 aromatic carbocycles. The van der Waals surface area contributed by atoms with Crippen LogP contribution < -0.4 is 10.9 Å². The highest BCUT2D eigenvalue weighted by atomic mass is 32.1. The van der Waals surface area contributed by atoms with Gasteiger partial charge in [0.05, 0.1) is 29.8 Å². The highest BCUT2D eigenvalue weighted by molar-refractivity contribution is 7.25. The third kappa shape index (κ3) is 2.72. The van der Waals surface area contributed by atoms with E-state index < -0.39 is 0 Å². The summed E-state index contributed by atoms with van der Waals surface area (Å²) in [5.41, 5.74) is 2.58. The Morgan fingerprint density at radius 3 is 3.12 bits per heavy atom. The summed E-state index contributed by atoms with van der Waals surface area (Å²) < 4.78 is 2.24. The van der Waals surface area contributed by atoms with Crippen LogP contribution in [0.25, 0.3) is 20.4 Å². The molecule has 1 atom stereocenters. The minimum Gasteiger partial charge on any atom is -0.373 e. The zero-order valence-corrected chi connectivity index (χ0v) is 15.0. The Bertz CT molecular complexity index is 1190. The lowest BCUT2D eigenvalue weighted by atomic mass is 10.2. The van der Waals surface area contributed by atoms with Gasteiger partial charge in [0.25, 0.3) is 5.56 Å². The van der Waals surface area contributed by atoms with Crippen molar-refractivity contribution in [1.29, 1.82) is 0 Å². The molecule has 0 spiro atoms. The Morgan fingerprint density at radius 2 is 2.27 bits per heavy atom. The van der Waals surface area contributed by atoms with Gasteiger partial charge < -0.3 is 5.32 Å². The van der Waals surface area contributed by atoms with Crippen LogP contribution in [0.15, 0.2) is 59.3 Å². The average Bonchev–Trinajstić information content (AvgIpc) is 2.90. The molecule has 0 aliphatic heterocycles. The van der Waals surface area contributed by atoms with E-state index >= 15 is 0 Å². The summed E-state index contributed by atoms with van der Waals surface area (Å²) in [7, 11) is 0. The van der Waals surface area contributed by atoms with E-state index in [-0.39, 0.29) is 11.6 Å². The van der Waals surface area contributed by atoms with E-state index in [0.717, 1.165) is 21.5 Å². The molecule has 0 fully saturated rings. The molecule has 0 saturated carbocycles. The fourth-order valence-electron chi connectivity index (χ4n) is 2.95. The van der Waals surface area contributed by atoms with Crippen LogP contribution in [0.4, 0.5) is 5.69 Å². The molecule has 0 radical (unpaired) electrons. The molecule has 0 bridgehead atoms. The number of fused-ring (bicyclic) bond motifs is 3. The Kier molecular flexibility index (Phi) is 4.15. The molecule has 3 heterocycles. The first-order valence-corrected chi connectivity index (χ1v) is 8.99. The zero-order valence-electron chi connectivity index (χ0n) is 14.1. The van der Waals surface area contributed by atoms with Gasteiger partial charge >= 0.3 is 0 Å². The number of hydrogen-bond donors (Lipinski definition) is 1. The van der Waals surface area contributed by atoms with Crippen LogP contribution in [0.1, 0.15) is 13.0 Å². The van der Waals surface area contributed by atoms with E-state index in [1.54, 1.807) is 17.1 Å². The first kappa shape index (κ1) is 16.3. The molecule has 1 N–H and O–H groups in total. The van der Waals surface area contributed by atoms with Crippen molar-refractivity contribution in [2.45, 2.75) is 13.0 Å². The summed E-state index contributed by atoms with van der Waals surface area (Å²) in [4.78, 5) is 22.8. The number of nitrogens with zero attached hydrogens (tertiary/aromatic N) is 3. The summed E-state index contributed by atoms with van der Waals surface area (Å²) in [6, 6.07) is 1.69. The van der Waals surface area contributed by atoms with Crippen molar-refractivity contribution in [3.63, 3.8) is 0 Å². The average molecular weight is 360 g/mol. The van der Waals surface area contributed by atoms with E-state index in [1.807, 2.05) is 43.4 Å². The van der Waals surface area contributed by atoms with Crippen molar-refractivity contribution >= 4 is 37.5 Å². The normalized spacial score (nSPS) is 16.5. The lowest BCUT2D eigenvalue weighted by molar-refractivity contribution is 0.683. The lowest BCUT2D eigenvalue weighted by Crippen LogP contribution is -2.22. The van der Waals surface area contributed by atoms with Crippen molar-refractivity contribution in [3.05, 3.63) is 64.9 Å². The number of allylic oxidation sites excluding steroid dienone is 6. The van der Waals surface area contributed by atoms with Gasteiger partial charge in [-0.05, 0) is 13.0 Å². The number of aromatic nitrogens is 3. The molecule has 1 aliphatic carbocycles. The Morgan fingerprint density at radius 1 is 1.38 bits per heavy atom. The topological polar surface area (TPSA) is 59.8 Å². The van der Waals surface area contributed by atoms with E-state index in [2.05, 4.69) is 21.2 Å². The summed E-state index contributed by atoms with van der Waals surface area (Å²) in [5, 5.41) is 4.02. The smallest absolute Gasteiger partial charge is 0.272 e. The molecule has 0 saturated heterocycles. The molecule has 1 aliphatic rings. The minimum atomic E-state index is -0.162. The second-order valence-electron chi connectivity index (χ2n) is 5.98. The molecule has 3 aromatic heterocycles. The molecule has 128 valence electrons. The number of rotatable bonds is 3. The molecular formula is C20H16N4OS. The van der Waals surface area contributed by atoms with Crippen molar-refractivity contribution in [1.82, 2.24) is 14.5 Å². The van der Waals surface area contributed by atoms with Gasteiger partial charge in [0, 0.05) is 11.9 Å². The highest BCUT2D eigenvalue weighted by Crippen LogP contribution is 2.34. The highest BCUT2D eigenvalue weighted by Gasteiger charge is 2.17. The summed E-state index contributed by atoms with van der Waals surface area (Å²) in [5.74, 6) is 2.56. The molecule has 0 amide bonds. The van der Waals surface area contributed by atoms with Crippen molar-refractivity contribution in [3.8, 4) is 12.3 Å². The number of anilines is 1. The zero-order chi connectivity index (χ0) is 18.1. The summed E-state index contributed by atoms with van der Waals surface area (Å²) >= 11 is 1.36. The fourth-order valence-corrected chi connectivity index (χ4v) is 4.01. The molecular weight excluding hydrogens is 344 g/mol. The van der Waals surface area contributed by atoms with Gasteiger partial charge in [0.1, 0.15) is 9.53 Å². The van der Waals surface area contributed by atoms with Gasteiger partial charge in [0.15, 0.2) is 0 Å². The molecule has 26 heavy (non-hydrogen) atoms. The summed E-state index contributed by atoms with van der Waals surface area (Å²) in [6.07, 6.45) is 18.6. The predicted molar refractivity (Wildman–Crippen MR) is 108 cm³/mol. The molecule has 6 heteroatoms. The maximum absolute atomic E-state index is 13.1. The Labute approximate surface area is 154 Å². The van der Waals surface area contributed by atoms with Crippen LogP contribution in [-0.4, -0.2) is 21.1 Å². The van der Waals surface area contributed by atoms with Gasteiger partial charge in [-0.15, -0.1) is 17.8 Å². The van der Waals surface area contributed by atoms with Crippen LogP contribution >= 0.6 is 11.3 Å². The lowest BCUT2D eigenvalue weighted by Gasteiger charge is -2.11. The van der Waals surface area contributed by atoms with Crippen LogP contribution in [0, 0.1) is 12.3 Å². The van der Waals surface area contributed by atoms with Crippen LogP contribution in [0.3, 0.4) is 0 Å². The first-order chi connectivity index (χ1) is 12.7. The maximum Gasteiger partial charge on any atom is 0.272 e. The van der Waals surface area contributed by atoms with Gasteiger partial charge in [-0.25, -0.2) is 9.97 Å². The number of hydrogen-bond acceptors (Lipinski definition) is 5. The second kappa shape index (κ2) is 6.62. The van der Waals surface area contributed by atoms with E-state index in [0.29, 0.717) is 16.8 Å².